The van der Waals surface area contributed by atoms with Crippen LogP contribution in [0.2, 0.25) is 0 Å². The summed E-state index contributed by atoms with van der Waals surface area (Å²) in [6, 6.07) is 4.73. The van der Waals surface area contributed by atoms with Crippen LogP contribution in [0.15, 0.2) is 30.9 Å². The van der Waals surface area contributed by atoms with E-state index in [4.69, 9.17) is 0 Å². The maximum absolute atomic E-state index is 13.1. The largest absolute Gasteiger partial charge is 0.355 e. The van der Waals surface area contributed by atoms with E-state index >= 15 is 0 Å². The van der Waals surface area contributed by atoms with Gasteiger partial charge in [-0.3, -0.25) is 0 Å². The zero-order chi connectivity index (χ0) is 10.8. The Bertz CT molecular complexity index is 535. The Hall–Kier alpha value is -1.83. The van der Waals surface area contributed by atoms with Crippen molar-refractivity contribution in [3.8, 4) is 0 Å². The fraction of sp³-hybridized carbons (Fsp3) is 0.0769. The van der Waals surface area contributed by atoms with Crippen LogP contribution in [-0.4, -0.2) is 4.98 Å². The van der Waals surface area contributed by atoms with Crippen molar-refractivity contribution in [1.29, 1.82) is 0 Å². The first-order valence-electron chi connectivity index (χ1n) is 4.82. The molecule has 0 amide bonds. The Kier molecular flexibility index (Phi) is 2.42. The minimum atomic E-state index is -0.220. The van der Waals surface area contributed by atoms with Crippen LogP contribution in [0, 0.1) is 5.82 Å². The number of aromatic nitrogens is 1. The number of nitrogens with one attached hydrogen (secondary N) is 1. The summed E-state index contributed by atoms with van der Waals surface area (Å²) in [7, 11) is 0. The quantitative estimate of drug-likeness (QED) is 0.756. The number of halogens is 1. The lowest BCUT2D eigenvalue weighted by Gasteiger charge is -1.93. The van der Waals surface area contributed by atoms with E-state index in [2.05, 4.69) is 11.6 Å². The highest BCUT2D eigenvalue weighted by Crippen LogP contribution is 2.25. The molecule has 0 aliphatic heterocycles. The van der Waals surface area contributed by atoms with Gasteiger partial charge in [0.25, 0.3) is 0 Å². The molecule has 0 aliphatic rings. The number of allylic oxidation sites excluding steroid dienone is 1. The molecule has 15 heavy (non-hydrogen) atoms. The van der Waals surface area contributed by atoms with Crippen molar-refractivity contribution in [2.75, 3.05) is 0 Å². The van der Waals surface area contributed by atoms with Crippen LogP contribution in [-0.2, 0) is 0 Å². The van der Waals surface area contributed by atoms with Gasteiger partial charge < -0.3 is 4.98 Å². The summed E-state index contributed by atoms with van der Waals surface area (Å²) in [5.74, 6) is -0.220. The number of hydrogen-bond donors (Lipinski definition) is 1. The van der Waals surface area contributed by atoms with Crippen LogP contribution in [0.25, 0.3) is 23.1 Å². The average Bonchev–Trinajstić information content (AvgIpc) is 2.57. The van der Waals surface area contributed by atoms with Gasteiger partial charge in [-0.2, -0.15) is 0 Å². The van der Waals surface area contributed by atoms with Crippen molar-refractivity contribution < 1.29 is 4.39 Å². The summed E-state index contributed by atoms with van der Waals surface area (Å²) in [5, 5.41) is 0.892. The summed E-state index contributed by atoms with van der Waals surface area (Å²) in [6.07, 6.45) is 5.63. The van der Waals surface area contributed by atoms with E-state index in [0.29, 0.717) is 0 Å². The summed E-state index contributed by atoms with van der Waals surface area (Å²) >= 11 is 0. The van der Waals surface area contributed by atoms with Crippen molar-refractivity contribution in [2.45, 2.75) is 6.92 Å². The highest BCUT2D eigenvalue weighted by molar-refractivity contribution is 5.93. The predicted octanol–water partition coefficient (Wildman–Crippen LogP) is 3.98. The van der Waals surface area contributed by atoms with Gasteiger partial charge in [0.05, 0.1) is 0 Å². The molecule has 0 fully saturated rings. The number of hydrogen-bond acceptors (Lipinski definition) is 0. The number of aromatic amines is 1. The van der Waals surface area contributed by atoms with Gasteiger partial charge >= 0.3 is 0 Å². The molecular weight excluding hydrogens is 189 g/mol. The smallest absolute Gasteiger partial charge is 0.123 e. The topological polar surface area (TPSA) is 15.8 Å². The SMILES string of the molecule is C=Cc1[nH]c2ccc(F)cc2c1/C=C\C. The summed E-state index contributed by atoms with van der Waals surface area (Å²) in [5.41, 5.74) is 2.84. The van der Waals surface area contributed by atoms with E-state index in [9.17, 15) is 4.39 Å². The van der Waals surface area contributed by atoms with Gasteiger partial charge in [0.1, 0.15) is 5.82 Å². The Balaban J connectivity index is 2.81. The second-order valence-electron chi connectivity index (χ2n) is 3.35. The predicted molar refractivity (Wildman–Crippen MR) is 63.1 cm³/mol. The molecule has 0 atom stereocenters. The standard InChI is InChI=1S/C13H12FN/c1-3-5-10-11-8-9(14)6-7-13(11)15-12(10)4-2/h3-8,15H,2H2,1H3/b5-3-. The van der Waals surface area contributed by atoms with E-state index in [-0.39, 0.29) is 5.82 Å². The average molecular weight is 201 g/mol. The zero-order valence-electron chi connectivity index (χ0n) is 8.55. The fourth-order valence-electron chi connectivity index (χ4n) is 1.71. The first-order chi connectivity index (χ1) is 7.26. The van der Waals surface area contributed by atoms with E-state index < -0.39 is 0 Å². The number of rotatable bonds is 2. The molecule has 0 bridgehead atoms. The van der Waals surface area contributed by atoms with E-state index in [1.807, 2.05) is 19.1 Å². The highest BCUT2D eigenvalue weighted by atomic mass is 19.1. The second-order valence-corrected chi connectivity index (χ2v) is 3.35. The molecule has 0 aliphatic carbocycles. The molecule has 1 nitrogen and oxygen atoms in total. The van der Waals surface area contributed by atoms with Gasteiger partial charge in [-0.1, -0.05) is 18.7 Å². The van der Waals surface area contributed by atoms with Crippen molar-refractivity contribution in [1.82, 2.24) is 4.98 Å². The zero-order valence-corrected chi connectivity index (χ0v) is 8.55. The van der Waals surface area contributed by atoms with Gasteiger partial charge in [-0.15, -0.1) is 0 Å². The van der Waals surface area contributed by atoms with E-state index in [1.54, 1.807) is 12.1 Å². The first kappa shape index (κ1) is 9.71. The number of benzene rings is 1. The molecule has 1 aromatic carbocycles. The Labute approximate surface area is 87.9 Å². The summed E-state index contributed by atoms with van der Waals surface area (Å²) in [4.78, 5) is 3.19. The fourth-order valence-corrected chi connectivity index (χ4v) is 1.71. The van der Waals surface area contributed by atoms with Crippen LogP contribution in [0.4, 0.5) is 4.39 Å². The molecule has 1 N–H and O–H groups in total. The summed E-state index contributed by atoms with van der Waals surface area (Å²) < 4.78 is 13.1. The second kappa shape index (κ2) is 3.73. The van der Waals surface area contributed by atoms with Crippen molar-refractivity contribution in [2.24, 2.45) is 0 Å². The normalized spacial score (nSPS) is 11.3. The minimum absolute atomic E-state index is 0.220. The van der Waals surface area contributed by atoms with Crippen molar-refractivity contribution in [3.63, 3.8) is 0 Å². The molecule has 2 rings (SSSR count). The number of H-pyrrole nitrogens is 1. The monoisotopic (exact) mass is 201 g/mol. The lowest BCUT2D eigenvalue weighted by Crippen LogP contribution is -1.75. The molecule has 0 saturated heterocycles. The minimum Gasteiger partial charge on any atom is -0.355 e. The Morgan fingerprint density at radius 3 is 2.87 bits per heavy atom. The molecule has 0 spiro atoms. The van der Waals surface area contributed by atoms with Gasteiger partial charge in [0.2, 0.25) is 0 Å². The number of fused-ring (bicyclic) bond motifs is 1. The van der Waals surface area contributed by atoms with Crippen molar-refractivity contribution in [3.05, 3.63) is 47.9 Å². The van der Waals surface area contributed by atoms with Crippen LogP contribution in [0.1, 0.15) is 18.2 Å². The highest BCUT2D eigenvalue weighted by Gasteiger charge is 2.06. The van der Waals surface area contributed by atoms with E-state index in [1.165, 1.54) is 12.1 Å². The molecule has 0 saturated carbocycles. The van der Waals surface area contributed by atoms with Gasteiger partial charge in [0, 0.05) is 22.2 Å². The molecule has 0 radical (unpaired) electrons. The van der Waals surface area contributed by atoms with E-state index in [0.717, 1.165) is 22.2 Å². The Morgan fingerprint density at radius 1 is 1.40 bits per heavy atom. The van der Waals surface area contributed by atoms with Gasteiger partial charge in [0.15, 0.2) is 0 Å². The first-order valence-corrected chi connectivity index (χ1v) is 4.82. The molecule has 1 aromatic heterocycles. The molecule has 76 valence electrons. The molecule has 2 aromatic rings. The van der Waals surface area contributed by atoms with Crippen LogP contribution >= 0.6 is 0 Å². The maximum atomic E-state index is 13.1. The molecule has 0 unspecified atom stereocenters. The lowest BCUT2D eigenvalue weighted by molar-refractivity contribution is 0.629. The van der Waals surface area contributed by atoms with Crippen molar-refractivity contribution >= 4 is 23.1 Å². The van der Waals surface area contributed by atoms with Crippen LogP contribution in [0.3, 0.4) is 0 Å². The summed E-state index contributed by atoms with van der Waals surface area (Å²) in [6.45, 7) is 5.67. The van der Waals surface area contributed by atoms with Gasteiger partial charge in [-0.25, -0.2) is 4.39 Å². The van der Waals surface area contributed by atoms with Crippen LogP contribution in [0.5, 0.6) is 0 Å². The molecular formula is C13H12FN. The molecule has 1 heterocycles. The maximum Gasteiger partial charge on any atom is 0.123 e. The third kappa shape index (κ3) is 1.59. The lowest BCUT2D eigenvalue weighted by atomic mass is 10.1. The van der Waals surface area contributed by atoms with Crippen LogP contribution < -0.4 is 0 Å². The third-order valence-corrected chi connectivity index (χ3v) is 2.37. The third-order valence-electron chi connectivity index (χ3n) is 2.37. The Morgan fingerprint density at radius 2 is 2.20 bits per heavy atom. The molecule has 2 heteroatoms. The van der Waals surface area contributed by atoms with Gasteiger partial charge in [-0.05, 0) is 31.2 Å².